The van der Waals surface area contributed by atoms with Gasteiger partial charge in [0.1, 0.15) is 0 Å². The zero-order valence-electron chi connectivity index (χ0n) is 11.5. The van der Waals surface area contributed by atoms with Crippen molar-refractivity contribution < 1.29 is 0 Å². The van der Waals surface area contributed by atoms with E-state index in [0.717, 1.165) is 29.8 Å². The standard InChI is InChI=1S/C16H29N/c1-2-7-12-13-8-3-5-10-15(13)17-16-11-6-4-9-14(12)16/h12-17H,2-11H2,1H3. The quantitative estimate of drug-likeness (QED) is 0.759. The molecule has 1 heterocycles. The van der Waals surface area contributed by atoms with E-state index < -0.39 is 0 Å². The molecular formula is C16H29N. The number of hydrogen-bond acceptors (Lipinski definition) is 1. The van der Waals surface area contributed by atoms with Gasteiger partial charge in [-0.1, -0.05) is 45.4 Å². The van der Waals surface area contributed by atoms with Gasteiger partial charge in [0.25, 0.3) is 0 Å². The molecule has 0 aromatic heterocycles. The first-order valence-corrected chi connectivity index (χ1v) is 8.16. The summed E-state index contributed by atoms with van der Waals surface area (Å²) in [4.78, 5) is 0. The third kappa shape index (κ3) is 2.28. The molecule has 3 rings (SSSR count). The van der Waals surface area contributed by atoms with Gasteiger partial charge in [-0.2, -0.15) is 0 Å². The van der Waals surface area contributed by atoms with Crippen molar-refractivity contribution in [2.24, 2.45) is 17.8 Å². The summed E-state index contributed by atoms with van der Waals surface area (Å²) < 4.78 is 0. The van der Waals surface area contributed by atoms with Crippen LogP contribution in [-0.2, 0) is 0 Å². The summed E-state index contributed by atoms with van der Waals surface area (Å²) in [6.07, 6.45) is 14.8. The van der Waals surface area contributed by atoms with Gasteiger partial charge in [0.05, 0.1) is 0 Å². The van der Waals surface area contributed by atoms with Gasteiger partial charge in [-0.05, 0) is 43.4 Å². The molecule has 0 radical (unpaired) electrons. The molecule has 98 valence electrons. The maximum Gasteiger partial charge on any atom is 0.0101 e. The van der Waals surface area contributed by atoms with Crippen LogP contribution < -0.4 is 5.32 Å². The van der Waals surface area contributed by atoms with Crippen molar-refractivity contribution in [2.45, 2.75) is 83.2 Å². The van der Waals surface area contributed by atoms with E-state index in [0.29, 0.717) is 0 Å². The summed E-state index contributed by atoms with van der Waals surface area (Å²) in [5.74, 6) is 3.13. The van der Waals surface area contributed by atoms with E-state index in [1.54, 1.807) is 0 Å². The molecule has 2 aliphatic carbocycles. The second-order valence-corrected chi connectivity index (χ2v) is 6.73. The van der Waals surface area contributed by atoms with E-state index in [1.165, 1.54) is 64.2 Å². The van der Waals surface area contributed by atoms with E-state index in [-0.39, 0.29) is 0 Å². The Labute approximate surface area is 107 Å². The predicted molar refractivity (Wildman–Crippen MR) is 73.0 cm³/mol. The molecular weight excluding hydrogens is 206 g/mol. The number of piperidine rings is 1. The van der Waals surface area contributed by atoms with E-state index >= 15 is 0 Å². The van der Waals surface area contributed by atoms with Crippen molar-refractivity contribution in [3.8, 4) is 0 Å². The Hall–Kier alpha value is -0.0400. The summed E-state index contributed by atoms with van der Waals surface area (Å²) in [6.45, 7) is 2.39. The minimum Gasteiger partial charge on any atom is -0.311 e. The van der Waals surface area contributed by atoms with Crippen LogP contribution in [0.15, 0.2) is 0 Å². The largest absolute Gasteiger partial charge is 0.311 e. The molecule has 0 spiro atoms. The Morgan fingerprint density at radius 2 is 1.35 bits per heavy atom. The first-order valence-electron chi connectivity index (χ1n) is 8.16. The first-order chi connectivity index (χ1) is 8.40. The molecule has 0 aromatic carbocycles. The SMILES string of the molecule is CCCC1C2CCCCC2NC2CCCCC21. The molecule has 1 nitrogen and oxygen atoms in total. The lowest BCUT2D eigenvalue weighted by Gasteiger charge is -2.52. The molecule has 3 aliphatic rings. The number of fused-ring (bicyclic) bond motifs is 2. The van der Waals surface area contributed by atoms with E-state index in [4.69, 9.17) is 0 Å². The molecule has 1 saturated heterocycles. The first kappa shape index (κ1) is 12.0. The fraction of sp³-hybridized carbons (Fsp3) is 1.00. The van der Waals surface area contributed by atoms with Crippen molar-refractivity contribution in [3.05, 3.63) is 0 Å². The Balaban J connectivity index is 1.77. The Bertz CT molecular complexity index is 228. The van der Waals surface area contributed by atoms with Crippen LogP contribution in [0.4, 0.5) is 0 Å². The van der Waals surface area contributed by atoms with Crippen LogP contribution in [0.5, 0.6) is 0 Å². The Morgan fingerprint density at radius 1 is 0.824 bits per heavy atom. The lowest BCUT2D eigenvalue weighted by Crippen LogP contribution is -2.58. The van der Waals surface area contributed by atoms with Gasteiger partial charge in [0, 0.05) is 12.1 Å². The lowest BCUT2D eigenvalue weighted by molar-refractivity contribution is 0.0224. The van der Waals surface area contributed by atoms with Crippen LogP contribution in [0.25, 0.3) is 0 Å². The molecule has 4 atom stereocenters. The van der Waals surface area contributed by atoms with Gasteiger partial charge in [0.15, 0.2) is 0 Å². The van der Waals surface area contributed by atoms with E-state index in [9.17, 15) is 0 Å². The van der Waals surface area contributed by atoms with Crippen LogP contribution in [-0.4, -0.2) is 12.1 Å². The number of nitrogens with one attached hydrogen (secondary N) is 1. The Morgan fingerprint density at radius 3 is 1.88 bits per heavy atom. The van der Waals surface area contributed by atoms with Gasteiger partial charge >= 0.3 is 0 Å². The molecule has 2 saturated carbocycles. The summed E-state index contributed by atoms with van der Waals surface area (Å²) in [6, 6.07) is 1.78. The van der Waals surface area contributed by atoms with Crippen molar-refractivity contribution in [3.63, 3.8) is 0 Å². The second-order valence-electron chi connectivity index (χ2n) is 6.73. The van der Waals surface area contributed by atoms with Crippen LogP contribution in [0, 0.1) is 17.8 Å². The third-order valence-electron chi connectivity index (χ3n) is 5.79. The van der Waals surface area contributed by atoms with Gasteiger partial charge in [-0.3, -0.25) is 0 Å². The topological polar surface area (TPSA) is 12.0 Å². The smallest absolute Gasteiger partial charge is 0.0101 e. The third-order valence-corrected chi connectivity index (χ3v) is 5.79. The van der Waals surface area contributed by atoms with Gasteiger partial charge in [-0.25, -0.2) is 0 Å². The highest BCUT2D eigenvalue weighted by Gasteiger charge is 2.44. The minimum absolute atomic E-state index is 0.889. The number of hydrogen-bond donors (Lipinski definition) is 1. The van der Waals surface area contributed by atoms with Crippen molar-refractivity contribution in [1.29, 1.82) is 0 Å². The zero-order chi connectivity index (χ0) is 11.7. The monoisotopic (exact) mass is 235 g/mol. The molecule has 0 aromatic rings. The fourth-order valence-corrected chi connectivity index (χ4v) is 5.11. The summed E-state index contributed by atoms with van der Waals surface area (Å²) >= 11 is 0. The normalized spacial score (nSPS) is 46.1. The van der Waals surface area contributed by atoms with Gasteiger partial charge in [-0.15, -0.1) is 0 Å². The molecule has 0 bridgehead atoms. The summed E-state index contributed by atoms with van der Waals surface area (Å²) in [5, 5.41) is 4.05. The van der Waals surface area contributed by atoms with Crippen molar-refractivity contribution >= 4 is 0 Å². The van der Waals surface area contributed by atoms with Crippen LogP contribution in [0.1, 0.15) is 71.1 Å². The fourth-order valence-electron chi connectivity index (χ4n) is 5.11. The summed E-state index contributed by atoms with van der Waals surface area (Å²) in [5.41, 5.74) is 0. The van der Waals surface area contributed by atoms with Crippen molar-refractivity contribution in [1.82, 2.24) is 5.32 Å². The van der Waals surface area contributed by atoms with Gasteiger partial charge in [0.2, 0.25) is 0 Å². The van der Waals surface area contributed by atoms with Crippen LogP contribution >= 0.6 is 0 Å². The molecule has 1 heteroatoms. The predicted octanol–water partition coefficient (Wildman–Crippen LogP) is 4.12. The van der Waals surface area contributed by atoms with Crippen LogP contribution in [0.2, 0.25) is 0 Å². The summed E-state index contributed by atoms with van der Waals surface area (Å²) in [7, 11) is 0. The zero-order valence-corrected chi connectivity index (χ0v) is 11.5. The molecule has 17 heavy (non-hydrogen) atoms. The minimum atomic E-state index is 0.889. The molecule has 4 unspecified atom stereocenters. The highest BCUT2D eigenvalue weighted by Crippen LogP contribution is 2.46. The molecule has 1 N–H and O–H groups in total. The van der Waals surface area contributed by atoms with E-state index in [2.05, 4.69) is 12.2 Å². The maximum atomic E-state index is 4.05. The average Bonchev–Trinajstić information content (AvgIpc) is 2.39. The van der Waals surface area contributed by atoms with Gasteiger partial charge < -0.3 is 5.32 Å². The lowest BCUT2D eigenvalue weighted by atomic mass is 9.61. The average molecular weight is 235 g/mol. The Kier molecular flexibility index (Phi) is 3.75. The molecule has 0 amide bonds. The highest BCUT2D eigenvalue weighted by atomic mass is 15.0. The van der Waals surface area contributed by atoms with E-state index in [1.807, 2.05) is 0 Å². The molecule has 3 fully saturated rings. The van der Waals surface area contributed by atoms with Crippen molar-refractivity contribution in [2.75, 3.05) is 0 Å². The number of rotatable bonds is 2. The second kappa shape index (κ2) is 5.30. The highest BCUT2D eigenvalue weighted by molar-refractivity contribution is 4.99. The maximum absolute atomic E-state index is 4.05. The van der Waals surface area contributed by atoms with Crippen LogP contribution in [0.3, 0.4) is 0 Å². The molecule has 1 aliphatic heterocycles.